The van der Waals surface area contributed by atoms with Crippen LogP contribution < -0.4 is 10.6 Å². The fourth-order valence-corrected chi connectivity index (χ4v) is 2.25. The fourth-order valence-electron chi connectivity index (χ4n) is 2.25. The van der Waals surface area contributed by atoms with Crippen molar-refractivity contribution in [3.63, 3.8) is 0 Å². The third kappa shape index (κ3) is 4.03. The van der Waals surface area contributed by atoms with Crippen LogP contribution >= 0.6 is 0 Å². The molecule has 6 heteroatoms. The van der Waals surface area contributed by atoms with E-state index in [9.17, 15) is 17.6 Å². The predicted octanol–water partition coefficient (Wildman–Crippen LogP) is 4.62. The summed E-state index contributed by atoms with van der Waals surface area (Å²) in [7, 11) is 0. The molecule has 0 aromatic heterocycles. The second kappa shape index (κ2) is 6.73. The Morgan fingerprint density at radius 3 is 2.48 bits per heavy atom. The monoisotopic (exact) mass is 324 g/mol. The Balaban J connectivity index is 2.33. The molecule has 0 aliphatic heterocycles. The molecule has 23 heavy (non-hydrogen) atoms. The van der Waals surface area contributed by atoms with Gasteiger partial charge in [-0.15, -0.1) is 6.58 Å². The Morgan fingerprint density at radius 2 is 1.83 bits per heavy atom. The van der Waals surface area contributed by atoms with Crippen molar-refractivity contribution in [2.24, 2.45) is 0 Å². The van der Waals surface area contributed by atoms with Gasteiger partial charge in [-0.25, -0.2) is 4.39 Å². The summed E-state index contributed by atoms with van der Waals surface area (Å²) in [6.45, 7) is 3.98. The van der Waals surface area contributed by atoms with E-state index in [1.165, 1.54) is 18.2 Å². The lowest BCUT2D eigenvalue weighted by atomic mass is 10.1. The van der Waals surface area contributed by atoms with E-state index in [4.69, 9.17) is 5.73 Å². The summed E-state index contributed by atoms with van der Waals surface area (Å²) >= 11 is 0. The SMILES string of the molecule is C=CCN(Cc1cccc(C(F)(F)F)c1)c1cccc(N)c1F. The number of nitrogens with zero attached hydrogens (tertiary/aromatic N) is 1. The van der Waals surface area contributed by atoms with Crippen LogP contribution in [-0.2, 0) is 12.7 Å². The van der Waals surface area contributed by atoms with E-state index in [2.05, 4.69) is 6.58 Å². The van der Waals surface area contributed by atoms with Gasteiger partial charge in [0.2, 0.25) is 0 Å². The zero-order valence-corrected chi connectivity index (χ0v) is 12.3. The minimum absolute atomic E-state index is 0.0133. The van der Waals surface area contributed by atoms with Gasteiger partial charge in [-0.05, 0) is 29.8 Å². The van der Waals surface area contributed by atoms with Crippen LogP contribution in [0.5, 0.6) is 0 Å². The highest BCUT2D eigenvalue weighted by Crippen LogP contribution is 2.30. The van der Waals surface area contributed by atoms with Crippen LogP contribution in [0, 0.1) is 5.82 Å². The van der Waals surface area contributed by atoms with E-state index in [0.29, 0.717) is 5.56 Å². The van der Waals surface area contributed by atoms with Gasteiger partial charge < -0.3 is 10.6 Å². The molecular weight excluding hydrogens is 308 g/mol. The third-order valence-electron chi connectivity index (χ3n) is 3.33. The maximum atomic E-state index is 14.2. The maximum Gasteiger partial charge on any atom is 0.416 e. The highest BCUT2D eigenvalue weighted by molar-refractivity contribution is 5.58. The lowest BCUT2D eigenvalue weighted by Gasteiger charge is -2.24. The number of rotatable bonds is 5. The zero-order valence-electron chi connectivity index (χ0n) is 12.3. The molecule has 0 heterocycles. The summed E-state index contributed by atoms with van der Waals surface area (Å²) in [4.78, 5) is 1.58. The zero-order chi connectivity index (χ0) is 17.0. The molecule has 0 aliphatic rings. The number of benzene rings is 2. The molecule has 0 fully saturated rings. The van der Waals surface area contributed by atoms with E-state index in [1.807, 2.05) is 0 Å². The van der Waals surface area contributed by atoms with Crippen molar-refractivity contribution in [3.8, 4) is 0 Å². The molecule has 0 bridgehead atoms. The van der Waals surface area contributed by atoms with Gasteiger partial charge in [-0.3, -0.25) is 0 Å². The molecular formula is C17H16F4N2. The summed E-state index contributed by atoms with van der Waals surface area (Å²) < 4.78 is 52.5. The highest BCUT2D eigenvalue weighted by atomic mass is 19.4. The van der Waals surface area contributed by atoms with Crippen LogP contribution in [0.25, 0.3) is 0 Å². The first-order chi connectivity index (χ1) is 10.8. The normalized spacial score (nSPS) is 11.3. The smallest absolute Gasteiger partial charge is 0.396 e. The predicted molar refractivity (Wildman–Crippen MR) is 83.5 cm³/mol. The molecule has 2 aromatic carbocycles. The van der Waals surface area contributed by atoms with Gasteiger partial charge in [-0.1, -0.05) is 24.3 Å². The summed E-state index contributed by atoms with van der Waals surface area (Å²) in [5, 5.41) is 0. The quantitative estimate of drug-likeness (QED) is 0.494. The Labute approximate surface area is 131 Å². The molecule has 122 valence electrons. The lowest BCUT2D eigenvalue weighted by Crippen LogP contribution is -2.24. The van der Waals surface area contributed by atoms with Crippen LogP contribution in [0.15, 0.2) is 55.1 Å². The number of alkyl halides is 3. The number of hydrogen-bond donors (Lipinski definition) is 1. The molecule has 0 saturated carbocycles. The molecule has 2 nitrogen and oxygen atoms in total. The topological polar surface area (TPSA) is 29.3 Å². The Hall–Kier alpha value is -2.50. The number of halogens is 4. The van der Waals surface area contributed by atoms with Crippen LogP contribution in [0.3, 0.4) is 0 Å². The number of hydrogen-bond acceptors (Lipinski definition) is 2. The van der Waals surface area contributed by atoms with Crippen LogP contribution in [-0.4, -0.2) is 6.54 Å². The van der Waals surface area contributed by atoms with Crippen LogP contribution in [0.2, 0.25) is 0 Å². The molecule has 0 amide bonds. The Bertz CT molecular complexity index is 695. The number of nitrogens with two attached hydrogens (primary N) is 1. The van der Waals surface area contributed by atoms with Gasteiger partial charge >= 0.3 is 6.18 Å². The van der Waals surface area contributed by atoms with E-state index in [1.54, 1.807) is 23.1 Å². The average Bonchev–Trinajstić information content (AvgIpc) is 2.49. The molecule has 2 rings (SSSR count). The van der Waals surface area contributed by atoms with Gasteiger partial charge in [-0.2, -0.15) is 13.2 Å². The number of nitrogen functional groups attached to an aromatic ring is 1. The molecule has 0 saturated heterocycles. The standard InChI is InChI=1S/C17H16F4N2/c1-2-9-23(15-8-4-7-14(22)16(15)18)11-12-5-3-6-13(10-12)17(19,20)21/h2-8,10H,1,9,11,22H2. The highest BCUT2D eigenvalue weighted by Gasteiger charge is 2.30. The van der Waals surface area contributed by atoms with E-state index in [-0.39, 0.29) is 24.5 Å². The summed E-state index contributed by atoms with van der Waals surface area (Å²) in [6.07, 6.45) is -2.86. The summed E-state index contributed by atoms with van der Waals surface area (Å²) in [6, 6.07) is 9.51. The largest absolute Gasteiger partial charge is 0.416 e. The van der Waals surface area contributed by atoms with Gasteiger partial charge in [0.1, 0.15) is 0 Å². The van der Waals surface area contributed by atoms with Crippen molar-refractivity contribution in [2.75, 3.05) is 17.2 Å². The van der Waals surface area contributed by atoms with Crippen molar-refractivity contribution in [3.05, 3.63) is 72.1 Å². The summed E-state index contributed by atoms with van der Waals surface area (Å²) in [5.74, 6) is -0.596. The van der Waals surface area contributed by atoms with Crippen molar-refractivity contribution >= 4 is 11.4 Å². The molecule has 0 aliphatic carbocycles. The van der Waals surface area contributed by atoms with Crippen molar-refractivity contribution in [2.45, 2.75) is 12.7 Å². The van der Waals surface area contributed by atoms with Crippen molar-refractivity contribution < 1.29 is 17.6 Å². The molecule has 0 spiro atoms. The molecule has 0 atom stereocenters. The second-order valence-corrected chi connectivity index (χ2v) is 5.05. The maximum absolute atomic E-state index is 14.2. The first-order valence-electron chi connectivity index (χ1n) is 6.89. The third-order valence-corrected chi connectivity index (χ3v) is 3.33. The lowest BCUT2D eigenvalue weighted by molar-refractivity contribution is -0.137. The van der Waals surface area contributed by atoms with Gasteiger partial charge in [0.15, 0.2) is 5.82 Å². The van der Waals surface area contributed by atoms with Gasteiger partial charge in [0.05, 0.1) is 16.9 Å². The van der Waals surface area contributed by atoms with E-state index < -0.39 is 17.6 Å². The number of anilines is 2. The van der Waals surface area contributed by atoms with E-state index >= 15 is 0 Å². The van der Waals surface area contributed by atoms with Crippen LogP contribution in [0.1, 0.15) is 11.1 Å². The van der Waals surface area contributed by atoms with Gasteiger partial charge in [0.25, 0.3) is 0 Å². The Morgan fingerprint density at radius 1 is 1.13 bits per heavy atom. The first-order valence-corrected chi connectivity index (χ1v) is 6.89. The molecule has 0 radical (unpaired) electrons. The van der Waals surface area contributed by atoms with Crippen LogP contribution in [0.4, 0.5) is 28.9 Å². The molecule has 2 aromatic rings. The van der Waals surface area contributed by atoms with Crippen molar-refractivity contribution in [1.29, 1.82) is 0 Å². The van der Waals surface area contributed by atoms with E-state index in [0.717, 1.165) is 12.1 Å². The molecule has 2 N–H and O–H groups in total. The minimum Gasteiger partial charge on any atom is -0.396 e. The minimum atomic E-state index is -4.41. The fraction of sp³-hybridized carbons (Fsp3) is 0.176. The van der Waals surface area contributed by atoms with Crippen molar-refractivity contribution in [1.82, 2.24) is 0 Å². The average molecular weight is 324 g/mol. The van der Waals surface area contributed by atoms with Gasteiger partial charge in [0, 0.05) is 13.1 Å². The molecule has 0 unspecified atom stereocenters. The Kier molecular flexibility index (Phi) is 4.93. The first kappa shape index (κ1) is 16.9. The second-order valence-electron chi connectivity index (χ2n) is 5.05. The summed E-state index contributed by atoms with van der Waals surface area (Å²) in [5.41, 5.74) is 5.45.